The van der Waals surface area contributed by atoms with Crippen LogP contribution in [0.2, 0.25) is 0 Å². The van der Waals surface area contributed by atoms with E-state index in [1.54, 1.807) is 36.5 Å². The van der Waals surface area contributed by atoms with Gasteiger partial charge in [0, 0.05) is 21.4 Å². The van der Waals surface area contributed by atoms with Crippen molar-refractivity contribution in [3.05, 3.63) is 48.2 Å². The van der Waals surface area contributed by atoms with Gasteiger partial charge in [-0.25, -0.2) is 9.97 Å². The zero-order chi connectivity index (χ0) is 14.2. The topological polar surface area (TPSA) is 52.1 Å². The minimum Gasteiger partial charge on any atom is -0.472 e. The van der Waals surface area contributed by atoms with Gasteiger partial charge in [-0.15, -0.1) is 11.3 Å². The minimum absolute atomic E-state index is 0.757. The van der Waals surface area contributed by atoms with Gasteiger partial charge in [0.1, 0.15) is 16.9 Å². The van der Waals surface area contributed by atoms with Crippen molar-refractivity contribution in [1.82, 2.24) is 9.97 Å². The van der Waals surface area contributed by atoms with Gasteiger partial charge in [-0.3, -0.25) is 0 Å². The van der Waals surface area contributed by atoms with Crippen molar-refractivity contribution in [2.24, 2.45) is 0 Å². The summed E-state index contributed by atoms with van der Waals surface area (Å²) in [6, 6.07) is 5.76. The lowest BCUT2D eigenvalue weighted by molar-refractivity contribution is 0.568. The maximum atomic E-state index is 5.53. The fourth-order valence-electron chi connectivity index (χ4n) is 2.54. The molecule has 4 heterocycles. The van der Waals surface area contributed by atoms with Crippen molar-refractivity contribution in [1.29, 1.82) is 0 Å². The predicted molar refractivity (Wildman–Crippen MR) is 82.2 cm³/mol. The molecular weight excluding hydrogens is 284 g/mol. The molecule has 0 aliphatic carbocycles. The molecule has 0 bridgehead atoms. The number of aryl methyl sites for hydroxylation is 1. The molecule has 0 radical (unpaired) electrons. The molecule has 0 saturated heterocycles. The number of furan rings is 2. The molecule has 0 spiro atoms. The fraction of sp³-hybridized carbons (Fsp3) is 0.125. The highest BCUT2D eigenvalue weighted by atomic mass is 32.1. The second-order valence-electron chi connectivity index (χ2n) is 4.65. The van der Waals surface area contributed by atoms with Gasteiger partial charge >= 0.3 is 0 Å². The van der Waals surface area contributed by atoms with E-state index >= 15 is 0 Å². The largest absolute Gasteiger partial charge is 0.472 e. The highest BCUT2D eigenvalue weighted by Gasteiger charge is 2.20. The van der Waals surface area contributed by atoms with E-state index in [9.17, 15) is 0 Å². The Labute approximate surface area is 125 Å². The Morgan fingerprint density at radius 2 is 2.14 bits per heavy atom. The Morgan fingerprint density at radius 3 is 2.86 bits per heavy atom. The second kappa shape index (κ2) is 4.86. The van der Waals surface area contributed by atoms with E-state index in [0.29, 0.717) is 0 Å². The highest BCUT2D eigenvalue weighted by Crippen LogP contribution is 2.42. The van der Waals surface area contributed by atoms with Gasteiger partial charge in [-0.1, -0.05) is 6.92 Å². The molecule has 104 valence electrons. The molecule has 0 aromatic carbocycles. The molecule has 0 saturated carbocycles. The average molecular weight is 296 g/mol. The number of hydrogen-bond acceptors (Lipinski definition) is 5. The van der Waals surface area contributed by atoms with Crippen molar-refractivity contribution < 1.29 is 8.83 Å². The Kier molecular flexibility index (Phi) is 2.86. The number of nitrogens with zero attached hydrogens (tertiary/aromatic N) is 2. The van der Waals surface area contributed by atoms with E-state index in [2.05, 4.69) is 16.9 Å². The molecule has 21 heavy (non-hydrogen) atoms. The molecule has 0 fully saturated rings. The summed E-state index contributed by atoms with van der Waals surface area (Å²) in [6.45, 7) is 2.15. The first-order valence-corrected chi connectivity index (χ1v) is 7.53. The van der Waals surface area contributed by atoms with Crippen LogP contribution >= 0.6 is 11.3 Å². The van der Waals surface area contributed by atoms with Crippen LogP contribution in [0.4, 0.5) is 0 Å². The lowest BCUT2D eigenvalue weighted by atomic mass is 10.0. The van der Waals surface area contributed by atoms with Gasteiger partial charge < -0.3 is 8.83 Å². The zero-order valence-corrected chi connectivity index (χ0v) is 12.2. The van der Waals surface area contributed by atoms with Crippen LogP contribution in [0.5, 0.6) is 0 Å². The average Bonchev–Trinajstić information content (AvgIpc) is 3.24. The zero-order valence-electron chi connectivity index (χ0n) is 11.4. The summed E-state index contributed by atoms with van der Waals surface area (Å²) < 4.78 is 10.8. The number of thiophene rings is 1. The van der Waals surface area contributed by atoms with Crippen molar-refractivity contribution >= 4 is 21.6 Å². The first-order valence-electron chi connectivity index (χ1n) is 6.71. The van der Waals surface area contributed by atoms with Gasteiger partial charge in [-0.2, -0.15) is 0 Å². The standard InChI is InChI=1S/C16H12N2O2S/c1-2-12-13(10-5-7-19-8-10)14-15(11-4-3-6-20-11)17-9-18-16(14)21-12/h3-9H,2H2,1H3. The molecule has 4 aromatic rings. The van der Waals surface area contributed by atoms with Crippen LogP contribution in [0.1, 0.15) is 11.8 Å². The summed E-state index contributed by atoms with van der Waals surface area (Å²) >= 11 is 1.70. The first kappa shape index (κ1) is 12.3. The quantitative estimate of drug-likeness (QED) is 0.546. The van der Waals surface area contributed by atoms with Crippen molar-refractivity contribution in [3.8, 4) is 22.6 Å². The van der Waals surface area contributed by atoms with Crippen molar-refractivity contribution in [2.75, 3.05) is 0 Å². The van der Waals surface area contributed by atoms with Gasteiger partial charge in [0.15, 0.2) is 5.76 Å². The Bertz CT molecular complexity index is 877. The van der Waals surface area contributed by atoms with Crippen LogP contribution in [0.15, 0.2) is 52.2 Å². The SMILES string of the molecule is CCc1sc2ncnc(-c3ccco3)c2c1-c1ccoc1. The Morgan fingerprint density at radius 1 is 1.19 bits per heavy atom. The third kappa shape index (κ3) is 1.89. The van der Waals surface area contributed by atoms with Crippen LogP contribution < -0.4 is 0 Å². The van der Waals surface area contributed by atoms with Gasteiger partial charge in [0.05, 0.1) is 18.8 Å². The molecule has 0 N–H and O–H groups in total. The van der Waals surface area contributed by atoms with Crippen LogP contribution in [-0.4, -0.2) is 9.97 Å². The monoisotopic (exact) mass is 296 g/mol. The molecule has 0 aliphatic heterocycles. The number of hydrogen-bond donors (Lipinski definition) is 0. The molecule has 4 nitrogen and oxygen atoms in total. The Balaban J connectivity index is 2.11. The fourth-order valence-corrected chi connectivity index (χ4v) is 3.64. The summed E-state index contributed by atoms with van der Waals surface area (Å²) in [5.41, 5.74) is 3.04. The van der Waals surface area contributed by atoms with E-state index in [1.807, 2.05) is 18.2 Å². The number of aromatic nitrogens is 2. The van der Waals surface area contributed by atoms with Crippen LogP contribution in [0.25, 0.3) is 32.8 Å². The third-order valence-electron chi connectivity index (χ3n) is 3.45. The summed E-state index contributed by atoms with van der Waals surface area (Å²) in [7, 11) is 0. The smallest absolute Gasteiger partial charge is 0.153 e. The molecule has 5 heteroatoms. The normalized spacial score (nSPS) is 11.3. The molecule has 0 aliphatic rings. The third-order valence-corrected chi connectivity index (χ3v) is 4.69. The molecule has 0 atom stereocenters. The maximum absolute atomic E-state index is 5.53. The maximum Gasteiger partial charge on any atom is 0.153 e. The van der Waals surface area contributed by atoms with E-state index in [4.69, 9.17) is 8.83 Å². The second-order valence-corrected chi connectivity index (χ2v) is 5.73. The lowest BCUT2D eigenvalue weighted by Crippen LogP contribution is -1.87. The van der Waals surface area contributed by atoms with Crippen molar-refractivity contribution in [3.63, 3.8) is 0 Å². The van der Waals surface area contributed by atoms with E-state index in [1.165, 1.54) is 4.88 Å². The number of rotatable bonds is 3. The minimum atomic E-state index is 0.757. The summed E-state index contributed by atoms with van der Waals surface area (Å²) in [6.07, 6.45) is 7.65. The predicted octanol–water partition coefficient (Wildman–Crippen LogP) is 4.77. The lowest BCUT2D eigenvalue weighted by Gasteiger charge is -2.02. The molecule has 0 amide bonds. The highest BCUT2D eigenvalue weighted by molar-refractivity contribution is 7.19. The molecule has 4 aromatic heterocycles. The number of fused-ring (bicyclic) bond motifs is 1. The summed E-state index contributed by atoms with van der Waals surface area (Å²) in [4.78, 5) is 11.1. The van der Waals surface area contributed by atoms with Gasteiger partial charge in [0.25, 0.3) is 0 Å². The Hall–Kier alpha value is -2.40. The molecular formula is C16H12N2O2S. The van der Waals surface area contributed by atoms with Gasteiger partial charge in [0.2, 0.25) is 0 Å². The van der Waals surface area contributed by atoms with Crippen molar-refractivity contribution in [2.45, 2.75) is 13.3 Å². The van der Waals surface area contributed by atoms with E-state index in [-0.39, 0.29) is 0 Å². The van der Waals surface area contributed by atoms with Gasteiger partial charge in [-0.05, 0) is 24.6 Å². The van der Waals surface area contributed by atoms with E-state index in [0.717, 1.165) is 39.2 Å². The molecule has 4 rings (SSSR count). The van der Waals surface area contributed by atoms with E-state index < -0.39 is 0 Å². The summed E-state index contributed by atoms with van der Waals surface area (Å²) in [5.74, 6) is 0.757. The summed E-state index contributed by atoms with van der Waals surface area (Å²) in [5, 5.41) is 1.04. The molecule has 0 unspecified atom stereocenters. The van der Waals surface area contributed by atoms with Crippen LogP contribution in [0, 0.1) is 0 Å². The van der Waals surface area contributed by atoms with Crippen LogP contribution in [-0.2, 0) is 6.42 Å². The van der Waals surface area contributed by atoms with Crippen LogP contribution in [0.3, 0.4) is 0 Å². The first-order chi connectivity index (χ1) is 10.4.